The first kappa shape index (κ1) is 17.3. The normalized spacial score (nSPS) is 14.6. The van der Waals surface area contributed by atoms with Gasteiger partial charge in [-0.05, 0) is 48.7 Å². The highest BCUT2D eigenvalue weighted by Crippen LogP contribution is 2.41. The number of hydrogen-bond donors (Lipinski definition) is 0. The SMILES string of the molecule is CCC1=Nc2cc(C(=O)N3CCc4ccccc43)ccc2Sc2ccccc21. The van der Waals surface area contributed by atoms with Gasteiger partial charge in [-0.25, -0.2) is 0 Å². The minimum absolute atomic E-state index is 0.0489. The molecule has 1 amide bonds. The van der Waals surface area contributed by atoms with Gasteiger partial charge in [0.2, 0.25) is 0 Å². The number of hydrogen-bond acceptors (Lipinski definition) is 3. The van der Waals surface area contributed by atoms with Gasteiger partial charge in [-0.3, -0.25) is 9.79 Å². The molecule has 3 aromatic rings. The lowest BCUT2D eigenvalue weighted by molar-refractivity contribution is 0.0989. The van der Waals surface area contributed by atoms with Crippen LogP contribution in [0, 0.1) is 0 Å². The van der Waals surface area contributed by atoms with E-state index in [1.54, 1.807) is 11.8 Å². The lowest BCUT2D eigenvalue weighted by Crippen LogP contribution is -2.28. The van der Waals surface area contributed by atoms with Crippen molar-refractivity contribution in [3.8, 4) is 0 Å². The molecule has 0 fully saturated rings. The van der Waals surface area contributed by atoms with Crippen LogP contribution in [0.4, 0.5) is 11.4 Å². The van der Waals surface area contributed by atoms with Crippen LogP contribution >= 0.6 is 11.8 Å². The molecule has 5 rings (SSSR count). The van der Waals surface area contributed by atoms with Gasteiger partial charge in [0.1, 0.15) is 0 Å². The number of nitrogens with zero attached hydrogens (tertiary/aromatic N) is 2. The van der Waals surface area contributed by atoms with Crippen LogP contribution in [0.3, 0.4) is 0 Å². The first-order valence-electron chi connectivity index (χ1n) is 9.63. The van der Waals surface area contributed by atoms with Crippen LogP contribution in [0.2, 0.25) is 0 Å². The predicted molar refractivity (Wildman–Crippen MR) is 115 cm³/mol. The van der Waals surface area contributed by atoms with Crippen molar-refractivity contribution in [3.05, 3.63) is 83.4 Å². The van der Waals surface area contributed by atoms with Gasteiger partial charge in [-0.1, -0.05) is 55.1 Å². The first-order valence-corrected chi connectivity index (χ1v) is 10.4. The highest BCUT2D eigenvalue weighted by molar-refractivity contribution is 7.99. The summed E-state index contributed by atoms with van der Waals surface area (Å²) in [6, 6.07) is 22.5. The summed E-state index contributed by atoms with van der Waals surface area (Å²) < 4.78 is 0. The van der Waals surface area contributed by atoms with E-state index < -0.39 is 0 Å². The summed E-state index contributed by atoms with van der Waals surface area (Å²) in [7, 11) is 0. The third-order valence-electron chi connectivity index (χ3n) is 5.35. The maximum atomic E-state index is 13.2. The number of anilines is 1. The Bertz CT molecular complexity index is 1120. The molecule has 0 N–H and O–H groups in total. The van der Waals surface area contributed by atoms with Gasteiger partial charge in [0.05, 0.1) is 5.69 Å². The molecule has 3 nitrogen and oxygen atoms in total. The van der Waals surface area contributed by atoms with Crippen molar-refractivity contribution >= 4 is 34.8 Å². The Balaban J connectivity index is 1.54. The Morgan fingerprint density at radius 2 is 1.86 bits per heavy atom. The number of fused-ring (bicyclic) bond motifs is 3. The van der Waals surface area contributed by atoms with Crippen molar-refractivity contribution in [1.82, 2.24) is 0 Å². The first-order chi connectivity index (χ1) is 13.7. The number of para-hydroxylation sites is 1. The Morgan fingerprint density at radius 3 is 2.75 bits per heavy atom. The summed E-state index contributed by atoms with van der Waals surface area (Å²) >= 11 is 1.72. The fraction of sp³-hybridized carbons (Fsp3) is 0.167. The van der Waals surface area contributed by atoms with Crippen molar-refractivity contribution < 1.29 is 4.79 Å². The van der Waals surface area contributed by atoms with Crippen LogP contribution in [0.5, 0.6) is 0 Å². The molecule has 28 heavy (non-hydrogen) atoms. The van der Waals surface area contributed by atoms with Crippen LogP contribution in [-0.2, 0) is 6.42 Å². The molecule has 0 aromatic heterocycles. The Morgan fingerprint density at radius 1 is 1.04 bits per heavy atom. The number of benzene rings is 3. The number of carbonyl (C=O) groups is 1. The van der Waals surface area contributed by atoms with Gasteiger partial charge < -0.3 is 4.90 Å². The minimum Gasteiger partial charge on any atom is -0.308 e. The Labute approximate surface area is 169 Å². The summed E-state index contributed by atoms with van der Waals surface area (Å²) in [6.45, 7) is 2.86. The maximum Gasteiger partial charge on any atom is 0.258 e. The van der Waals surface area contributed by atoms with Gasteiger partial charge >= 0.3 is 0 Å². The average Bonchev–Trinajstić information content (AvgIpc) is 3.09. The standard InChI is InChI=1S/C24H20N2OS/c1-2-19-18-8-4-6-10-22(18)28-23-12-11-17(15-20(23)25-19)24(27)26-14-13-16-7-3-5-9-21(16)26/h3-12,15H,2,13-14H2,1H3. The number of carbonyl (C=O) groups excluding carboxylic acids is 1. The Hall–Kier alpha value is -2.85. The molecule has 0 radical (unpaired) electrons. The molecule has 0 unspecified atom stereocenters. The molecule has 0 aliphatic carbocycles. The molecule has 2 heterocycles. The Kier molecular flexibility index (Phi) is 4.29. The number of rotatable bonds is 2. The molecule has 2 aliphatic heterocycles. The third kappa shape index (κ3) is 2.85. The smallest absolute Gasteiger partial charge is 0.258 e. The van der Waals surface area contributed by atoms with E-state index in [0.717, 1.165) is 41.4 Å². The molecule has 138 valence electrons. The van der Waals surface area contributed by atoms with Crippen molar-refractivity contribution in [2.24, 2.45) is 4.99 Å². The van der Waals surface area contributed by atoms with Crippen molar-refractivity contribution in [1.29, 1.82) is 0 Å². The van der Waals surface area contributed by atoms with E-state index in [2.05, 4.69) is 37.3 Å². The van der Waals surface area contributed by atoms with E-state index in [1.165, 1.54) is 16.0 Å². The third-order valence-corrected chi connectivity index (χ3v) is 6.49. The lowest BCUT2D eigenvalue weighted by Gasteiger charge is -2.18. The zero-order chi connectivity index (χ0) is 19.1. The minimum atomic E-state index is 0.0489. The second-order valence-electron chi connectivity index (χ2n) is 7.03. The largest absolute Gasteiger partial charge is 0.308 e. The van der Waals surface area contributed by atoms with E-state index in [4.69, 9.17) is 4.99 Å². The zero-order valence-corrected chi connectivity index (χ0v) is 16.5. The molecule has 0 atom stereocenters. The molecule has 4 heteroatoms. The predicted octanol–water partition coefficient (Wildman–Crippen LogP) is 5.88. The van der Waals surface area contributed by atoms with Crippen molar-refractivity contribution in [2.75, 3.05) is 11.4 Å². The summed E-state index contributed by atoms with van der Waals surface area (Å²) in [6.07, 6.45) is 1.77. The molecular formula is C24H20N2OS. The highest BCUT2D eigenvalue weighted by Gasteiger charge is 2.26. The van der Waals surface area contributed by atoms with Gasteiger partial charge in [0.15, 0.2) is 0 Å². The van der Waals surface area contributed by atoms with Gasteiger partial charge in [-0.2, -0.15) is 0 Å². The van der Waals surface area contributed by atoms with Crippen molar-refractivity contribution in [2.45, 2.75) is 29.6 Å². The van der Waals surface area contributed by atoms with Crippen LogP contribution in [0.25, 0.3) is 0 Å². The fourth-order valence-electron chi connectivity index (χ4n) is 3.92. The molecule has 0 bridgehead atoms. The van der Waals surface area contributed by atoms with Gasteiger partial charge in [-0.15, -0.1) is 0 Å². The average molecular weight is 385 g/mol. The van der Waals surface area contributed by atoms with E-state index in [1.807, 2.05) is 41.3 Å². The quantitative estimate of drug-likeness (QED) is 0.552. The zero-order valence-electron chi connectivity index (χ0n) is 15.7. The molecule has 0 saturated heterocycles. The van der Waals surface area contributed by atoms with Gasteiger partial charge in [0.25, 0.3) is 5.91 Å². The number of aliphatic imine (C=N–C) groups is 1. The fourth-order valence-corrected chi connectivity index (χ4v) is 4.94. The number of amides is 1. The summed E-state index contributed by atoms with van der Waals surface area (Å²) in [5.74, 6) is 0.0489. The van der Waals surface area contributed by atoms with E-state index in [-0.39, 0.29) is 5.91 Å². The van der Waals surface area contributed by atoms with Gasteiger partial charge in [0, 0.05) is 38.9 Å². The second-order valence-corrected chi connectivity index (χ2v) is 8.11. The maximum absolute atomic E-state index is 13.2. The summed E-state index contributed by atoms with van der Waals surface area (Å²) in [5, 5.41) is 0. The van der Waals surface area contributed by atoms with E-state index >= 15 is 0 Å². The molecular weight excluding hydrogens is 364 g/mol. The molecule has 3 aromatic carbocycles. The van der Waals surface area contributed by atoms with Crippen LogP contribution in [0.1, 0.15) is 34.8 Å². The monoisotopic (exact) mass is 384 g/mol. The second kappa shape index (κ2) is 6.95. The highest BCUT2D eigenvalue weighted by atomic mass is 32.2. The molecule has 0 saturated carbocycles. The van der Waals surface area contributed by atoms with E-state index in [9.17, 15) is 4.79 Å². The molecule has 0 spiro atoms. The lowest BCUT2D eigenvalue weighted by atomic mass is 10.1. The van der Waals surface area contributed by atoms with E-state index in [0.29, 0.717) is 5.56 Å². The summed E-state index contributed by atoms with van der Waals surface area (Å²) in [5.41, 5.74) is 6.10. The summed E-state index contributed by atoms with van der Waals surface area (Å²) in [4.78, 5) is 22.4. The molecule has 2 aliphatic rings. The van der Waals surface area contributed by atoms with Crippen LogP contribution in [-0.4, -0.2) is 18.2 Å². The van der Waals surface area contributed by atoms with Crippen molar-refractivity contribution in [3.63, 3.8) is 0 Å². The van der Waals surface area contributed by atoms with Crippen LogP contribution in [0.15, 0.2) is 81.5 Å². The van der Waals surface area contributed by atoms with Crippen LogP contribution < -0.4 is 4.90 Å². The topological polar surface area (TPSA) is 32.7 Å².